The van der Waals surface area contributed by atoms with Crippen molar-refractivity contribution in [3.63, 3.8) is 0 Å². The number of benzene rings is 1. The van der Waals surface area contributed by atoms with Gasteiger partial charge in [-0.25, -0.2) is 0 Å². The molecule has 1 saturated heterocycles. The molecule has 0 aliphatic carbocycles. The van der Waals surface area contributed by atoms with Gasteiger partial charge in [0.25, 0.3) is 5.91 Å². The number of carboxylic acid groups (broad SMARTS) is 1. The molecule has 1 aromatic carbocycles. The molecule has 0 atom stereocenters. The summed E-state index contributed by atoms with van der Waals surface area (Å²) in [5, 5.41) is 10.8. The largest absolute Gasteiger partial charge is 0.550 e. The number of aryl methyl sites for hydroxylation is 1. The second-order valence-corrected chi connectivity index (χ2v) is 5.26. The number of amides is 1. The van der Waals surface area contributed by atoms with Crippen molar-refractivity contribution < 1.29 is 19.4 Å². The van der Waals surface area contributed by atoms with Gasteiger partial charge in [0.1, 0.15) is 5.75 Å². The van der Waals surface area contributed by atoms with Gasteiger partial charge in [0.2, 0.25) is 0 Å². The maximum Gasteiger partial charge on any atom is 0.260 e. The number of rotatable bonds is 5. The van der Waals surface area contributed by atoms with E-state index >= 15 is 0 Å². The first kappa shape index (κ1) is 15.4. The van der Waals surface area contributed by atoms with Gasteiger partial charge in [-0.2, -0.15) is 0 Å². The van der Waals surface area contributed by atoms with Gasteiger partial charge in [-0.05, 0) is 37.0 Å². The van der Waals surface area contributed by atoms with Crippen LogP contribution in [0.5, 0.6) is 5.75 Å². The molecule has 5 heteroatoms. The molecule has 114 valence electrons. The minimum absolute atomic E-state index is 0.0108. The van der Waals surface area contributed by atoms with Gasteiger partial charge >= 0.3 is 0 Å². The lowest BCUT2D eigenvalue weighted by Gasteiger charge is -2.32. The van der Waals surface area contributed by atoms with Crippen LogP contribution < -0.4 is 9.84 Å². The van der Waals surface area contributed by atoms with Crippen molar-refractivity contribution in [2.24, 2.45) is 5.92 Å². The van der Waals surface area contributed by atoms with Crippen molar-refractivity contribution in [3.8, 4) is 5.75 Å². The molecule has 0 unspecified atom stereocenters. The number of hydrogen-bond donors (Lipinski definition) is 0. The quantitative estimate of drug-likeness (QED) is 0.797. The lowest BCUT2D eigenvalue weighted by atomic mass is 9.97. The van der Waals surface area contributed by atoms with Crippen LogP contribution in [0.1, 0.15) is 25.3 Å². The average Bonchev–Trinajstić information content (AvgIpc) is 2.53. The molecule has 0 spiro atoms. The zero-order chi connectivity index (χ0) is 15.2. The number of carbonyl (C=O) groups excluding carboxylic acids is 2. The van der Waals surface area contributed by atoms with Gasteiger partial charge in [-0.1, -0.05) is 19.1 Å². The van der Waals surface area contributed by atoms with Crippen molar-refractivity contribution in [1.82, 2.24) is 4.90 Å². The molecule has 1 heterocycles. The maximum atomic E-state index is 12.0. The molecule has 1 fully saturated rings. The van der Waals surface area contributed by atoms with Crippen molar-refractivity contribution in [2.75, 3.05) is 19.7 Å². The molecule has 1 aliphatic heterocycles. The van der Waals surface area contributed by atoms with Crippen molar-refractivity contribution >= 4 is 11.9 Å². The lowest BCUT2D eigenvalue weighted by molar-refractivity contribution is -0.312. The fourth-order valence-electron chi connectivity index (χ4n) is 2.46. The van der Waals surface area contributed by atoms with Crippen molar-refractivity contribution in [3.05, 3.63) is 29.8 Å². The number of likely N-dealkylation sites (tertiary alicyclic amines) is 1. The molecule has 21 heavy (non-hydrogen) atoms. The van der Waals surface area contributed by atoms with E-state index in [0.717, 1.165) is 12.0 Å². The first-order valence-corrected chi connectivity index (χ1v) is 7.30. The molecule has 0 N–H and O–H groups in total. The molecule has 0 saturated carbocycles. The Morgan fingerprint density at radius 1 is 1.33 bits per heavy atom. The predicted molar refractivity (Wildman–Crippen MR) is 75.6 cm³/mol. The number of hydrogen-bond acceptors (Lipinski definition) is 4. The molecule has 0 aromatic heterocycles. The highest BCUT2D eigenvalue weighted by molar-refractivity contribution is 5.78. The Morgan fingerprint density at radius 3 is 2.67 bits per heavy atom. The number of carboxylic acids is 1. The third kappa shape index (κ3) is 4.21. The van der Waals surface area contributed by atoms with Gasteiger partial charge in [-0.3, -0.25) is 4.79 Å². The Hall–Kier alpha value is -2.04. The minimum atomic E-state index is -1.02. The molecule has 1 amide bonds. The average molecular weight is 290 g/mol. The van der Waals surface area contributed by atoms with E-state index in [-0.39, 0.29) is 12.5 Å². The van der Waals surface area contributed by atoms with Crippen molar-refractivity contribution in [2.45, 2.75) is 26.2 Å². The third-order valence-corrected chi connectivity index (χ3v) is 3.85. The second kappa shape index (κ2) is 7.11. The zero-order valence-electron chi connectivity index (χ0n) is 12.2. The van der Waals surface area contributed by atoms with Crippen LogP contribution in [0.2, 0.25) is 0 Å². The van der Waals surface area contributed by atoms with Crippen LogP contribution in [-0.2, 0) is 16.0 Å². The van der Waals surface area contributed by atoms with Crippen LogP contribution in [0, 0.1) is 5.92 Å². The van der Waals surface area contributed by atoms with Crippen LogP contribution in [0.4, 0.5) is 0 Å². The molecule has 0 bridgehead atoms. The van der Waals surface area contributed by atoms with E-state index in [1.807, 2.05) is 24.3 Å². The third-order valence-electron chi connectivity index (χ3n) is 3.85. The lowest BCUT2D eigenvalue weighted by Crippen LogP contribution is -2.45. The fourth-order valence-corrected chi connectivity index (χ4v) is 2.46. The van der Waals surface area contributed by atoms with E-state index in [1.165, 1.54) is 0 Å². The maximum absolute atomic E-state index is 12.0. The Morgan fingerprint density at radius 2 is 2.05 bits per heavy atom. The topological polar surface area (TPSA) is 69.7 Å². The number of piperidine rings is 1. The van der Waals surface area contributed by atoms with Crippen LogP contribution in [0.15, 0.2) is 24.3 Å². The number of ether oxygens (including phenoxy) is 1. The van der Waals surface area contributed by atoms with E-state index in [2.05, 4.69) is 6.92 Å². The molecule has 0 radical (unpaired) electrons. The number of nitrogens with zero attached hydrogens (tertiary/aromatic N) is 1. The molecule has 1 aliphatic rings. The minimum Gasteiger partial charge on any atom is -0.550 e. The normalized spacial score (nSPS) is 15.8. The van der Waals surface area contributed by atoms with Crippen LogP contribution in [0.3, 0.4) is 0 Å². The Labute approximate surface area is 124 Å². The summed E-state index contributed by atoms with van der Waals surface area (Å²) in [7, 11) is 0. The summed E-state index contributed by atoms with van der Waals surface area (Å²) in [6.45, 7) is 2.96. The highest BCUT2D eigenvalue weighted by Gasteiger charge is 2.23. The highest BCUT2D eigenvalue weighted by Crippen LogP contribution is 2.17. The second-order valence-electron chi connectivity index (χ2n) is 5.26. The van der Waals surface area contributed by atoms with Gasteiger partial charge in [-0.15, -0.1) is 0 Å². The summed E-state index contributed by atoms with van der Waals surface area (Å²) in [4.78, 5) is 24.5. The number of aliphatic carboxylic acids is 1. The Balaban J connectivity index is 1.81. The summed E-state index contributed by atoms with van der Waals surface area (Å²) in [5.41, 5.74) is 1.16. The van der Waals surface area contributed by atoms with E-state index in [9.17, 15) is 14.7 Å². The highest BCUT2D eigenvalue weighted by atomic mass is 16.5. The molecule has 2 rings (SSSR count). The molecular weight excluding hydrogens is 270 g/mol. The fraction of sp³-hybridized carbons (Fsp3) is 0.500. The molecule has 1 aromatic rings. The number of carbonyl (C=O) groups is 2. The Bertz CT molecular complexity index is 507. The summed E-state index contributed by atoms with van der Waals surface area (Å²) in [5.74, 6) is -0.869. The van der Waals surface area contributed by atoms with Gasteiger partial charge < -0.3 is 19.5 Å². The monoisotopic (exact) mass is 290 g/mol. The standard InChI is InChI=1S/C16H21NO4/c1-2-12-4-3-5-14(10-12)21-11-15(18)17-8-6-13(7-9-17)16(19)20/h3-5,10,13H,2,6-9,11H2,1H3,(H,19,20)/p-1. The zero-order valence-corrected chi connectivity index (χ0v) is 12.2. The van der Waals surface area contributed by atoms with E-state index in [0.29, 0.717) is 31.7 Å². The summed E-state index contributed by atoms with van der Waals surface area (Å²) in [6, 6.07) is 7.67. The smallest absolute Gasteiger partial charge is 0.260 e. The van der Waals surface area contributed by atoms with E-state index in [1.54, 1.807) is 4.90 Å². The van der Waals surface area contributed by atoms with Crippen LogP contribution >= 0.6 is 0 Å². The van der Waals surface area contributed by atoms with Gasteiger partial charge in [0.15, 0.2) is 6.61 Å². The van der Waals surface area contributed by atoms with E-state index in [4.69, 9.17) is 4.74 Å². The summed E-state index contributed by atoms with van der Waals surface area (Å²) < 4.78 is 5.52. The van der Waals surface area contributed by atoms with Crippen LogP contribution in [0.25, 0.3) is 0 Å². The SMILES string of the molecule is CCc1cccc(OCC(=O)N2CCC(C(=O)[O-])CC2)c1. The van der Waals surface area contributed by atoms with Crippen LogP contribution in [-0.4, -0.2) is 36.5 Å². The molecular formula is C16H20NO4-. The predicted octanol–water partition coefficient (Wildman–Crippen LogP) is 0.616. The van der Waals surface area contributed by atoms with Gasteiger partial charge in [0.05, 0.1) is 0 Å². The first-order chi connectivity index (χ1) is 10.1. The van der Waals surface area contributed by atoms with Gasteiger partial charge in [0, 0.05) is 25.0 Å². The first-order valence-electron chi connectivity index (χ1n) is 7.30. The van der Waals surface area contributed by atoms with E-state index < -0.39 is 11.9 Å². The molecule has 5 nitrogen and oxygen atoms in total. The summed E-state index contributed by atoms with van der Waals surface area (Å²) in [6.07, 6.45) is 1.83. The summed E-state index contributed by atoms with van der Waals surface area (Å²) >= 11 is 0. The Kier molecular flexibility index (Phi) is 5.20. The van der Waals surface area contributed by atoms with Crippen molar-refractivity contribution in [1.29, 1.82) is 0 Å².